The number of methoxy groups -OCH3 is 1. The third kappa shape index (κ3) is 2.27. The number of aliphatic hydroxyl groups is 1. The maximum atomic E-state index is 9.63. The van der Waals surface area contributed by atoms with Crippen LogP contribution in [0.4, 0.5) is 0 Å². The molecule has 0 radical (unpaired) electrons. The fourth-order valence-electron chi connectivity index (χ4n) is 1.27. The first-order valence-corrected chi connectivity index (χ1v) is 4.45. The van der Waals surface area contributed by atoms with Crippen LogP contribution in [-0.2, 0) is 0 Å². The summed E-state index contributed by atoms with van der Waals surface area (Å²) in [6, 6.07) is 5.59. The Morgan fingerprint density at radius 3 is 2.86 bits per heavy atom. The Hall–Kier alpha value is -1.46. The molecule has 2 nitrogen and oxygen atoms in total. The molecule has 2 heteroatoms. The van der Waals surface area contributed by atoms with Crippen LogP contribution in [-0.4, -0.2) is 12.2 Å². The van der Waals surface area contributed by atoms with Crippen molar-refractivity contribution in [3.63, 3.8) is 0 Å². The van der Waals surface area contributed by atoms with Crippen LogP contribution in [0.5, 0.6) is 5.75 Å². The van der Waals surface area contributed by atoms with Gasteiger partial charge >= 0.3 is 0 Å². The van der Waals surface area contributed by atoms with Gasteiger partial charge in [-0.25, -0.2) is 0 Å². The molecular formula is C12H14O2. The molecule has 0 heterocycles. The molecule has 0 saturated heterocycles. The van der Waals surface area contributed by atoms with Crippen molar-refractivity contribution in [2.45, 2.75) is 19.4 Å². The highest BCUT2D eigenvalue weighted by molar-refractivity contribution is 5.37. The Balaban J connectivity index is 2.95. The number of hydrogen-bond acceptors (Lipinski definition) is 2. The van der Waals surface area contributed by atoms with Gasteiger partial charge in [-0.05, 0) is 24.1 Å². The molecule has 0 aliphatic rings. The molecule has 0 spiro atoms. The first-order valence-electron chi connectivity index (χ1n) is 4.45. The predicted molar refractivity (Wildman–Crippen MR) is 56.1 cm³/mol. The Morgan fingerprint density at radius 1 is 1.57 bits per heavy atom. The van der Waals surface area contributed by atoms with Gasteiger partial charge in [0.25, 0.3) is 0 Å². The molecule has 0 aliphatic heterocycles. The molecule has 1 aromatic rings. The molecule has 0 bridgehead atoms. The van der Waals surface area contributed by atoms with Gasteiger partial charge in [0.05, 0.1) is 13.2 Å². The highest BCUT2D eigenvalue weighted by Gasteiger charge is 2.07. The molecule has 0 amide bonds. The molecular weight excluding hydrogens is 176 g/mol. The number of rotatable bonds is 3. The van der Waals surface area contributed by atoms with E-state index in [9.17, 15) is 5.11 Å². The van der Waals surface area contributed by atoms with Crippen LogP contribution in [0.25, 0.3) is 0 Å². The highest BCUT2D eigenvalue weighted by atomic mass is 16.5. The minimum absolute atomic E-state index is 0.326. The first kappa shape index (κ1) is 10.6. The van der Waals surface area contributed by atoms with Crippen LogP contribution < -0.4 is 4.74 Å². The standard InChI is InChI=1S/C12H14O2/c1-4-5-11(13)10-7-6-9(2)12(8-10)14-3/h1,6-8,11,13H,5H2,2-3H3. The minimum atomic E-state index is -0.602. The van der Waals surface area contributed by atoms with Gasteiger partial charge in [-0.1, -0.05) is 12.1 Å². The fraction of sp³-hybridized carbons (Fsp3) is 0.333. The van der Waals surface area contributed by atoms with Gasteiger partial charge < -0.3 is 9.84 Å². The Labute approximate surface area is 84.5 Å². The number of terminal acetylenes is 1. The summed E-state index contributed by atoms with van der Waals surface area (Å²) in [6.07, 6.45) is 4.85. The second-order valence-electron chi connectivity index (χ2n) is 3.15. The van der Waals surface area contributed by atoms with Crippen molar-refractivity contribution >= 4 is 0 Å². The van der Waals surface area contributed by atoms with Gasteiger partial charge in [0.2, 0.25) is 0 Å². The van der Waals surface area contributed by atoms with E-state index >= 15 is 0 Å². The molecule has 0 saturated carbocycles. The van der Waals surface area contributed by atoms with Gasteiger partial charge in [0.15, 0.2) is 0 Å². The third-order valence-corrected chi connectivity index (χ3v) is 2.13. The lowest BCUT2D eigenvalue weighted by Crippen LogP contribution is -1.97. The lowest BCUT2D eigenvalue weighted by Gasteiger charge is -2.10. The highest BCUT2D eigenvalue weighted by Crippen LogP contribution is 2.24. The first-order chi connectivity index (χ1) is 6.69. The zero-order valence-electron chi connectivity index (χ0n) is 8.45. The van der Waals surface area contributed by atoms with E-state index in [0.29, 0.717) is 6.42 Å². The molecule has 0 fully saturated rings. The number of benzene rings is 1. The van der Waals surface area contributed by atoms with Gasteiger partial charge in [0.1, 0.15) is 5.75 Å². The molecule has 14 heavy (non-hydrogen) atoms. The normalized spacial score (nSPS) is 11.9. The molecule has 1 unspecified atom stereocenters. The molecule has 0 aromatic heterocycles. The molecule has 1 aromatic carbocycles. The van der Waals surface area contributed by atoms with Crippen LogP contribution in [0.1, 0.15) is 23.7 Å². The van der Waals surface area contributed by atoms with Crippen LogP contribution in [0, 0.1) is 19.3 Å². The average Bonchev–Trinajstić information content (AvgIpc) is 2.19. The summed E-state index contributed by atoms with van der Waals surface area (Å²) in [4.78, 5) is 0. The smallest absolute Gasteiger partial charge is 0.122 e. The zero-order chi connectivity index (χ0) is 10.6. The zero-order valence-corrected chi connectivity index (χ0v) is 8.45. The quantitative estimate of drug-likeness (QED) is 0.739. The number of aryl methyl sites for hydroxylation is 1. The Morgan fingerprint density at radius 2 is 2.29 bits per heavy atom. The Kier molecular flexibility index (Phi) is 3.55. The van der Waals surface area contributed by atoms with E-state index in [4.69, 9.17) is 11.2 Å². The summed E-state index contributed by atoms with van der Waals surface area (Å²) in [5.41, 5.74) is 1.84. The molecule has 1 N–H and O–H groups in total. The van der Waals surface area contributed by atoms with Gasteiger partial charge in [0, 0.05) is 6.42 Å². The second kappa shape index (κ2) is 4.69. The monoisotopic (exact) mass is 190 g/mol. The van der Waals surface area contributed by atoms with E-state index in [-0.39, 0.29) is 0 Å². The molecule has 1 atom stereocenters. The van der Waals surface area contributed by atoms with Gasteiger partial charge in [-0.15, -0.1) is 12.3 Å². The van der Waals surface area contributed by atoms with Gasteiger partial charge in [-0.2, -0.15) is 0 Å². The van der Waals surface area contributed by atoms with Crippen LogP contribution in [0.3, 0.4) is 0 Å². The van der Waals surface area contributed by atoms with Crippen molar-refractivity contribution in [2.75, 3.05) is 7.11 Å². The van der Waals surface area contributed by atoms with Crippen LogP contribution >= 0.6 is 0 Å². The maximum Gasteiger partial charge on any atom is 0.122 e. The lowest BCUT2D eigenvalue weighted by molar-refractivity contribution is 0.183. The van der Waals surface area contributed by atoms with E-state index in [1.54, 1.807) is 7.11 Å². The van der Waals surface area contributed by atoms with E-state index in [1.165, 1.54) is 0 Å². The van der Waals surface area contributed by atoms with E-state index in [2.05, 4.69) is 5.92 Å². The number of ether oxygens (including phenoxy) is 1. The summed E-state index contributed by atoms with van der Waals surface area (Å²) < 4.78 is 5.15. The Bertz CT molecular complexity index is 350. The van der Waals surface area contributed by atoms with E-state index < -0.39 is 6.10 Å². The average molecular weight is 190 g/mol. The maximum absolute atomic E-state index is 9.63. The fourth-order valence-corrected chi connectivity index (χ4v) is 1.27. The summed E-state index contributed by atoms with van der Waals surface area (Å²) >= 11 is 0. The summed E-state index contributed by atoms with van der Waals surface area (Å²) in [7, 11) is 1.61. The topological polar surface area (TPSA) is 29.5 Å². The number of aliphatic hydroxyl groups excluding tert-OH is 1. The van der Waals surface area contributed by atoms with Crippen molar-refractivity contribution < 1.29 is 9.84 Å². The molecule has 0 aliphatic carbocycles. The van der Waals surface area contributed by atoms with E-state index in [0.717, 1.165) is 16.9 Å². The van der Waals surface area contributed by atoms with Crippen molar-refractivity contribution in [2.24, 2.45) is 0 Å². The molecule has 74 valence electrons. The summed E-state index contributed by atoms with van der Waals surface area (Å²) in [5, 5.41) is 9.63. The minimum Gasteiger partial charge on any atom is -0.496 e. The van der Waals surface area contributed by atoms with Crippen LogP contribution in [0.15, 0.2) is 18.2 Å². The van der Waals surface area contributed by atoms with Crippen molar-refractivity contribution in [3.8, 4) is 18.1 Å². The SMILES string of the molecule is C#CCC(O)c1ccc(C)c(OC)c1. The van der Waals surface area contributed by atoms with Crippen molar-refractivity contribution in [3.05, 3.63) is 29.3 Å². The van der Waals surface area contributed by atoms with Gasteiger partial charge in [-0.3, -0.25) is 0 Å². The van der Waals surface area contributed by atoms with Crippen molar-refractivity contribution in [1.29, 1.82) is 0 Å². The summed E-state index contributed by atoms with van der Waals surface area (Å²) in [6.45, 7) is 1.95. The third-order valence-electron chi connectivity index (χ3n) is 2.13. The van der Waals surface area contributed by atoms with Crippen LogP contribution in [0.2, 0.25) is 0 Å². The lowest BCUT2D eigenvalue weighted by atomic mass is 10.0. The second-order valence-corrected chi connectivity index (χ2v) is 3.15. The summed E-state index contributed by atoms with van der Waals surface area (Å²) in [5.74, 6) is 3.20. The van der Waals surface area contributed by atoms with E-state index in [1.807, 2.05) is 25.1 Å². The predicted octanol–water partition coefficient (Wildman–Crippen LogP) is 2.06. The number of hydrogen-bond donors (Lipinski definition) is 1. The molecule has 1 rings (SSSR count). The largest absolute Gasteiger partial charge is 0.496 e. The van der Waals surface area contributed by atoms with Crippen molar-refractivity contribution in [1.82, 2.24) is 0 Å².